The highest BCUT2D eigenvalue weighted by Gasteiger charge is 1.92. The van der Waals surface area contributed by atoms with Gasteiger partial charge in [-0.25, -0.2) is 0 Å². The normalized spacial score (nSPS) is 9.20. The van der Waals surface area contributed by atoms with Gasteiger partial charge in [-0.2, -0.15) is 0 Å². The third kappa shape index (κ3) is 5.41. The molecule has 0 saturated carbocycles. The molecule has 1 rings (SSSR count). The summed E-state index contributed by atoms with van der Waals surface area (Å²) >= 11 is 0. The number of hydrogen-bond acceptors (Lipinski definition) is 2. The van der Waals surface area contributed by atoms with Crippen LogP contribution in [-0.2, 0) is 9.59 Å². The number of Topliss-reactive ketones (excluding diaryl/α,β-unsaturated/α-hetero) is 1. The number of ketones is 1. The molecular weight excluding hydrogens is 190 g/mol. The minimum atomic E-state index is -0.426. The Morgan fingerprint density at radius 1 is 1.53 bits per heavy atom. The summed E-state index contributed by atoms with van der Waals surface area (Å²) in [5.41, 5.74) is 2.27. The topological polar surface area (TPSA) is 49.9 Å². The second-order valence-corrected chi connectivity index (χ2v) is 2.78. The first-order valence-corrected chi connectivity index (χ1v) is 4.54. The first-order valence-electron chi connectivity index (χ1n) is 4.54. The van der Waals surface area contributed by atoms with Gasteiger partial charge in [-0.15, -0.1) is 0 Å². The Balaban J connectivity index is 0.000000336. The number of aldehydes is 1. The van der Waals surface area contributed by atoms with Gasteiger partial charge < -0.3 is 4.98 Å². The highest BCUT2D eigenvalue weighted by atomic mass is 16.2. The van der Waals surface area contributed by atoms with Crippen molar-refractivity contribution in [2.24, 2.45) is 0 Å². The van der Waals surface area contributed by atoms with Gasteiger partial charge in [-0.05, 0) is 24.6 Å². The molecule has 3 nitrogen and oxygen atoms in total. The summed E-state index contributed by atoms with van der Waals surface area (Å²) in [7, 11) is 0. The molecule has 0 aliphatic carbocycles. The lowest BCUT2D eigenvalue weighted by Crippen LogP contribution is -1.85. The van der Waals surface area contributed by atoms with Crippen molar-refractivity contribution < 1.29 is 9.59 Å². The van der Waals surface area contributed by atoms with Crippen molar-refractivity contribution >= 4 is 24.2 Å². The number of carbonyl (C=O) groups excluding carboxylic acids is 2. The fraction of sp³-hybridized carbons (Fsp3) is 0.167. The molecule has 1 heterocycles. The number of carbonyl (C=O) groups is 2. The lowest BCUT2D eigenvalue weighted by atomic mass is 10.2. The Morgan fingerprint density at radius 3 is 2.53 bits per heavy atom. The molecule has 1 aromatic rings. The van der Waals surface area contributed by atoms with E-state index in [0.29, 0.717) is 0 Å². The highest BCUT2D eigenvalue weighted by molar-refractivity contribution is 6.23. The van der Waals surface area contributed by atoms with E-state index >= 15 is 0 Å². The molecule has 0 saturated heterocycles. The molecule has 3 heteroatoms. The maximum Gasteiger partial charge on any atom is 0.192 e. The van der Waals surface area contributed by atoms with Crippen LogP contribution in [0.25, 0.3) is 12.2 Å². The zero-order chi connectivity index (χ0) is 11.7. The summed E-state index contributed by atoms with van der Waals surface area (Å²) in [6.07, 6.45) is 8.05. The van der Waals surface area contributed by atoms with Crippen LogP contribution in [0.5, 0.6) is 0 Å². The van der Waals surface area contributed by atoms with Crippen LogP contribution in [0, 0.1) is 0 Å². The second kappa shape index (κ2) is 7.50. The average Bonchev–Trinajstić information content (AvgIpc) is 2.67. The van der Waals surface area contributed by atoms with Crippen LogP contribution in [0.1, 0.15) is 25.1 Å². The summed E-state index contributed by atoms with van der Waals surface area (Å²) in [6.45, 7) is 6.90. The van der Waals surface area contributed by atoms with Crippen LogP contribution in [0.3, 0.4) is 0 Å². The molecule has 0 bridgehead atoms. The summed E-state index contributed by atoms with van der Waals surface area (Å²) in [4.78, 5) is 21.7. The molecule has 0 spiro atoms. The Bertz CT molecular complexity index is 361. The van der Waals surface area contributed by atoms with E-state index in [1.54, 1.807) is 0 Å². The Hall–Kier alpha value is -1.90. The third-order valence-electron chi connectivity index (χ3n) is 1.53. The Morgan fingerprint density at radius 2 is 2.13 bits per heavy atom. The van der Waals surface area contributed by atoms with Gasteiger partial charge in [0.15, 0.2) is 12.1 Å². The van der Waals surface area contributed by atoms with Gasteiger partial charge in [-0.1, -0.05) is 18.7 Å². The van der Waals surface area contributed by atoms with E-state index < -0.39 is 5.78 Å². The maximum absolute atomic E-state index is 9.44. The van der Waals surface area contributed by atoms with Crippen LogP contribution in [0.4, 0.5) is 0 Å². The van der Waals surface area contributed by atoms with Crippen LogP contribution in [-0.4, -0.2) is 17.1 Å². The standard InChI is InChI=1S/C9H11N.C3H4O2/c1-3-5-9-8(4-2)6-7-10-9;1-3(5)2-4/h3-7,10H,2H2,1H3;2H,1H3/b5-3-;. The quantitative estimate of drug-likeness (QED) is 0.608. The molecule has 1 aromatic heterocycles. The van der Waals surface area contributed by atoms with Gasteiger partial charge >= 0.3 is 0 Å². The minimum Gasteiger partial charge on any atom is -0.361 e. The number of allylic oxidation sites excluding steroid dienone is 1. The van der Waals surface area contributed by atoms with Gasteiger partial charge in [-0.3, -0.25) is 9.59 Å². The molecule has 0 aromatic carbocycles. The third-order valence-corrected chi connectivity index (χ3v) is 1.53. The van der Waals surface area contributed by atoms with Gasteiger partial charge in [0.1, 0.15) is 0 Å². The molecule has 0 aliphatic rings. The predicted octanol–water partition coefficient (Wildman–Crippen LogP) is 2.47. The molecule has 0 amide bonds. The lowest BCUT2D eigenvalue weighted by molar-refractivity contribution is -0.128. The van der Waals surface area contributed by atoms with Gasteiger partial charge in [0.2, 0.25) is 0 Å². The van der Waals surface area contributed by atoms with Crippen molar-refractivity contribution in [3.63, 3.8) is 0 Å². The zero-order valence-electron chi connectivity index (χ0n) is 8.99. The molecule has 0 radical (unpaired) electrons. The van der Waals surface area contributed by atoms with E-state index in [4.69, 9.17) is 4.79 Å². The molecule has 0 aliphatic heterocycles. The Labute approximate surface area is 89.5 Å². The number of aromatic nitrogens is 1. The van der Waals surface area contributed by atoms with E-state index in [-0.39, 0.29) is 6.29 Å². The zero-order valence-corrected chi connectivity index (χ0v) is 8.99. The molecule has 80 valence electrons. The largest absolute Gasteiger partial charge is 0.361 e. The van der Waals surface area contributed by atoms with Crippen molar-refractivity contribution in [1.29, 1.82) is 0 Å². The van der Waals surface area contributed by atoms with E-state index in [1.165, 1.54) is 6.92 Å². The molecule has 15 heavy (non-hydrogen) atoms. The van der Waals surface area contributed by atoms with Crippen LogP contribution in [0.15, 0.2) is 24.9 Å². The lowest BCUT2D eigenvalue weighted by Gasteiger charge is -1.88. The highest BCUT2D eigenvalue weighted by Crippen LogP contribution is 2.08. The van der Waals surface area contributed by atoms with Crippen molar-refractivity contribution in [2.75, 3.05) is 0 Å². The maximum atomic E-state index is 9.44. The summed E-state index contributed by atoms with van der Waals surface area (Å²) < 4.78 is 0. The second-order valence-electron chi connectivity index (χ2n) is 2.78. The monoisotopic (exact) mass is 205 g/mol. The molecule has 1 N–H and O–H groups in total. The summed E-state index contributed by atoms with van der Waals surface area (Å²) in [6, 6.07) is 2.00. The predicted molar refractivity (Wildman–Crippen MR) is 62.3 cm³/mol. The number of nitrogens with one attached hydrogen (secondary N) is 1. The molecule has 0 atom stereocenters. The smallest absolute Gasteiger partial charge is 0.192 e. The van der Waals surface area contributed by atoms with Crippen LogP contribution in [0.2, 0.25) is 0 Å². The number of H-pyrrole nitrogens is 1. The molecule has 0 fully saturated rings. The fourth-order valence-corrected chi connectivity index (χ4v) is 0.883. The number of rotatable bonds is 3. The van der Waals surface area contributed by atoms with Gasteiger partial charge in [0, 0.05) is 18.8 Å². The number of aromatic amines is 1. The minimum absolute atomic E-state index is 0.278. The van der Waals surface area contributed by atoms with E-state index in [9.17, 15) is 4.79 Å². The van der Waals surface area contributed by atoms with Crippen molar-refractivity contribution in [2.45, 2.75) is 13.8 Å². The van der Waals surface area contributed by atoms with Crippen LogP contribution >= 0.6 is 0 Å². The first kappa shape index (κ1) is 13.1. The Kier molecular flexibility index (Phi) is 6.55. The van der Waals surface area contributed by atoms with Crippen molar-refractivity contribution in [3.05, 3.63) is 36.2 Å². The average molecular weight is 205 g/mol. The van der Waals surface area contributed by atoms with Gasteiger partial charge in [0.25, 0.3) is 0 Å². The van der Waals surface area contributed by atoms with E-state index in [2.05, 4.69) is 11.6 Å². The summed E-state index contributed by atoms with van der Waals surface area (Å²) in [5.74, 6) is -0.426. The van der Waals surface area contributed by atoms with Gasteiger partial charge in [0.05, 0.1) is 0 Å². The molecule has 0 unspecified atom stereocenters. The summed E-state index contributed by atoms with van der Waals surface area (Å²) in [5, 5.41) is 0. The number of hydrogen-bond donors (Lipinski definition) is 1. The van der Waals surface area contributed by atoms with Crippen molar-refractivity contribution in [3.8, 4) is 0 Å². The molecular formula is C12H15NO2. The first-order chi connectivity index (χ1) is 7.15. The van der Waals surface area contributed by atoms with Crippen LogP contribution < -0.4 is 0 Å². The van der Waals surface area contributed by atoms with E-state index in [0.717, 1.165) is 11.3 Å². The SMILES string of the molecule is C=Cc1cc[nH]c1/C=C\C.CC(=O)C=O. The van der Waals surface area contributed by atoms with Crippen molar-refractivity contribution in [1.82, 2.24) is 4.98 Å². The van der Waals surface area contributed by atoms with E-state index in [1.807, 2.05) is 37.4 Å². The fourth-order valence-electron chi connectivity index (χ4n) is 0.883.